The smallest absolute Gasteiger partial charge is 0.326 e. The van der Waals surface area contributed by atoms with Gasteiger partial charge in [0.15, 0.2) is 0 Å². The van der Waals surface area contributed by atoms with E-state index in [1.807, 2.05) is 0 Å². The molecule has 0 saturated heterocycles. The van der Waals surface area contributed by atoms with Crippen molar-refractivity contribution in [1.29, 1.82) is 0 Å². The molecule has 0 saturated carbocycles. The highest BCUT2D eigenvalue weighted by Crippen LogP contribution is 2.30. The van der Waals surface area contributed by atoms with Crippen molar-refractivity contribution in [2.75, 3.05) is 11.9 Å². The fraction of sp³-hybridized carbons (Fsp3) is 0.423. The first-order valence-electron chi connectivity index (χ1n) is 11.7. The molecule has 182 valence electrons. The number of anilines is 1. The topological polar surface area (TPSA) is 66.5 Å². The van der Waals surface area contributed by atoms with Crippen molar-refractivity contribution in [2.24, 2.45) is 0 Å². The molecule has 5 nitrogen and oxygen atoms in total. The number of amides is 3. The standard InChI is InChI=1S/C26H29F3N2O3/c27-26(28,29)19-12-11-13-20(18-19)30-23(32)16-7-5-3-1-2-4-6-10-17-31-24(33)21-14-8-9-15-22(21)25(31)34/h8-9,11-15,18H,1-7,10,16-17H2,(H,30,32). The normalized spacial score (nSPS) is 13.3. The Morgan fingerprint density at radius 2 is 1.32 bits per heavy atom. The summed E-state index contributed by atoms with van der Waals surface area (Å²) in [6.07, 6.45) is 3.19. The molecule has 2 aromatic rings. The number of unbranched alkanes of at least 4 members (excludes halogenated alkanes) is 7. The highest BCUT2D eigenvalue weighted by Gasteiger charge is 2.34. The predicted molar refractivity (Wildman–Crippen MR) is 123 cm³/mol. The summed E-state index contributed by atoms with van der Waals surface area (Å²) in [5.74, 6) is -0.706. The molecule has 0 aromatic heterocycles. The van der Waals surface area contributed by atoms with Crippen LogP contribution in [0.4, 0.5) is 18.9 Å². The number of carbonyl (C=O) groups is 3. The van der Waals surface area contributed by atoms with Gasteiger partial charge in [-0.15, -0.1) is 0 Å². The van der Waals surface area contributed by atoms with Crippen molar-refractivity contribution >= 4 is 23.4 Å². The number of nitrogens with one attached hydrogen (secondary N) is 1. The molecule has 8 heteroatoms. The number of fused-ring (bicyclic) bond motifs is 1. The molecular formula is C26H29F3N2O3. The number of hydrogen-bond donors (Lipinski definition) is 1. The Morgan fingerprint density at radius 3 is 1.91 bits per heavy atom. The Morgan fingerprint density at radius 1 is 0.765 bits per heavy atom. The lowest BCUT2D eigenvalue weighted by Crippen LogP contribution is -2.30. The number of hydrogen-bond acceptors (Lipinski definition) is 3. The fourth-order valence-corrected chi connectivity index (χ4v) is 4.06. The maximum Gasteiger partial charge on any atom is 0.416 e. The quantitative estimate of drug-likeness (QED) is 0.284. The van der Waals surface area contributed by atoms with Crippen LogP contribution in [0, 0.1) is 0 Å². The van der Waals surface area contributed by atoms with Gasteiger partial charge >= 0.3 is 6.18 Å². The first-order chi connectivity index (χ1) is 16.3. The molecule has 1 heterocycles. The Kier molecular flexibility index (Phi) is 8.85. The molecule has 1 aliphatic heterocycles. The zero-order valence-corrected chi connectivity index (χ0v) is 19.0. The second-order valence-electron chi connectivity index (χ2n) is 8.51. The van der Waals surface area contributed by atoms with Gasteiger partial charge in [-0.3, -0.25) is 19.3 Å². The molecule has 0 fully saturated rings. The average molecular weight is 475 g/mol. The number of nitrogens with zero attached hydrogens (tertiary/aromatic N) is 1. The number of benzene rings is 2. The summed E-state index contributed by atoms with van der Waals surface area (Å²) in [6, 6.07) is 11.5. The number of imide groups is 1. The largest absolute Gasteiger partial charge is 0.416 e. The molecule has 0 radical (unpaired) electrons. The maximum atomic E-state index is 12.7. The van der Waals surface area contributed by atoms with Crippen LogP contribution in [0.25, 0.3) is 0 Å². The SMILES string of the molecule is O=C(CCCCCCCCCCN1C(=O)c2ccccc2C1=O)Nc1cccc(C(F)(F)F)c1. The van der Waals surface area contributed by atoms with Crippen molar-refractivity contribution in [1.82, 2.24) is 4.90 Å². The number of rotatable bonds is 12. The van der Waals surface area contributed by atoms with E-state index in [2.05, 4.69) is 5.32 Å². The van der Waals surface area contributed by atoms with Crippen molar-refractivity contribution in [2.45, 2.75) is 64.0 Å². The van der Waals surface area contributed by atoms with Crippen LogP contribution in [0.5, 0.6) is 0 Å². The first kappa shape index (κ1) is 25.5. The van der Waals surface area contributed by atoms with E-state index < -0.39 is 11.7 Å². The van der Waals surface area contributed by atoms with Gasteiger partial charge in [-0.2, -0.15) is 13.2 Å². The van der Waals surface area contributed by atoms with Gasteiger partial charge in [0.25, 0.3) is 11.8 Å². The van der Waals surface area contributed by atoms with Crippen molar-refractivity contribution in [3.05, 3.63) is 65.2 Å². The lowest BCUT2D eigenvalue weighted by molar-refractivity contribution is -0.137. The minimum absolute atomic E-state index is 0.154. The molecule has 2 aromatic carbocycles. The molecule has 3 amide bonds. The summed E-state index contributed by atoms with van der Waals surface area (Å²) in [4.78, 5) is 37.9. The van der Waals surface area contributed by atoms with Gasteiger partial charge in [-0.1, -0.05) is 56.7 Å². The average Bonchev–Trinajstić information content (AvgIpc) is 3.05. The van der Waals surface area contributed by atoms with Gasteiger partial charge in [0.1, 0.15) is 0 Å². The van der Waals surface area contributed by atoms with Crippen LogP contribution in [0.15, 0.2) is 48.5 Å². The first-order valence-corrected chi connectivity index (χ1v) is 11.7. The van der Waals surface area contributed by atoms with Gasteiger partial charge in [0, 0.05) is 18.7 Å². The number of halogens is 3. The molecule has 3 rings (SSSR count). The van der Waals surface area contributed by atoms with Gasteiger partial charge in [-0.05, 0) is 43.2 Å². The van der Waals surface area contributed by atoms with Crippen molar-refractivity contribution in [3.63, 3.8) is 0 Å². The van der Waals surface area contributed by atoms with E-state index >= 15 is 0 Å². The van der Waals surface area contributed by atoms with E-state index in [9.17, 15) is 27.6 Å². The minimum Gasteiger partial charge on any atom is -0.326 e. The van der Waals surface area contributed by atoms with Crippen molar-refractivity contribution < 1.29 is 27.6 Å². The minimum atomic E-state index is -4.43. The highest BCUT2D eigenvalue weighted by molar-refractivity contribution is 6.21. The van der Waals surface area contributed by atoms with Crippen LogP contribution >= 0.6 is 0 Å². The Bertz CT molecular complexity index is 985. The van der Waals surface area contributed by atoms with Crippen LogP contribution < -0.4 is 5.32 Å². The third kappa shape index (κ3) is 6.92. The fourth-order valence-electron chi connectivity index (χ4n) is 4.06. The zero-order chi connectivity index (χ0) is 24.6. The maximum absolute atomic E-state index is 12.7. The summed E-state index contributed by atoms with van der Waals surface area (Å²) in [7, 11) is 0. The van der Waals surface area contributed by atoms with E-state index in [-0.39, 0.29) is 29.8 Å². The van der Waals surface area contributed by atoms with Crippen LogP contribution in [-0.4, -0.2) is 29.2 Å². The molecule has 0 unspecified atom stereocenters. The van der Waals surface area contributed by atoms with Crippen LogP contribution in [0.3, 0.4) is 0 Å². The van der Waals surface area contributed by atoms with Crippen LogP contribution in [-0.2, 0) is 11.0 Å². The van der Waals surface area contributed by atoms with Gasteiger partial charge in [0.2, 0.25) is 5.91 Å². The summed E-state index contributed by atoms with van der Waals surface area (Å²) in [5.41, 5.74) is 0.335. The van der Waals surface area contributed by atoms with Gasteiger partial charge in [-0.25, -0.2) is 0 Å². The third-order valence-electron chi connectivity index (χ3n) is 5.89. The van der Waals surface area contributed by atoms with E-state index in [1.54, 1.807) is 24.3 Å². The van der Waals surface area contributed by atoms with Crippen LogP contribution in [0.1, 0.15) is 84.1 Å². The molecule has 1 N–H and O–H groups in total. The van der Waals surface area contributed by atoms with Crippen LogP contribution in [0.2, 0.25) is 0 Å². The molecule has 0 bridgehead atoms. The summed E-state index contributed by atoms with van der Waals surface area (Å²) in [6.45, 7) is 0.438. The molecule has 1 aliphatic rings. The van der Waals surface area contributed by atoms with E-state index in [4.69, 9.17) is 0 Å². The molecular weight excluding hydrogens is 445 g/mol. The van der Waals surface area contributed by atoms with E-state index in [0.717, 1.165) is 57.1 Å². The lowest BCUT2D eigenvalue weighted by atomic mass is 10.1. The number of carbonyl (C=O) groups excluding carboxylic acids is 3. The lowest BCUT2D eigenvalue weighted by Gasteiger charge is -2.13. The van der Waals surface area contributed by atoms with E-state index in [1.165, 1.54) is 17.0 Å². The molecule has 0 aliphatic carbocycles. The predicted octanol–water partition coefficient (Wildman–Crippen LogP) is 6.45. The Hall–Kier alpha value is -3.16. The Balaban J connectivity index is 1.21. The summed E-state index contributed by atoms with van der Waals surface area (Å²) < 4.78 is 38.2. The monoisotopic (exact) mass is 474 g/mol. The summed E-state index contributed by atoms with van der Waals surface area (Å²) >= 11 is 0. The van der Waals surface area contributed by atoms with Crippen molar-refractivity contribution in [3.8, 4) is 0 Å². The van der Waals surface area contributed by atoms with Gasteiger partial charge < -0.3 is 5.32 Å². The van der Waals surface area contributed by atoms with Gasteiger partial charge in [0.05, 0.1) is 16.7 Å². The zero-order valence-electron chi connectivity index (χ0n) is 19.0. The molecule has 34 heavy (non-hydrogen) atoms. The summed E-state index contributed by atoms with van der Waals surface area (Å²) in [5, 5.41) is 2.52. The number of alkyl halides is 3. The Labute approximate surface area is 197 Å². The van der Waals surface area contributed by atoms with E-state index in [0.29, 0.717) is 24.1 Å². The second-order valence-corrected chi connectivity index (χ2v) is 8.51. The second kappa shape index (κ2) is 11.8. The molecule has 0 atom stereocenters. The third-order valence-corrected chi connectivity index (χ3v) is 5.89. The highest BCUT2D eigenvalue weighted by atomic mass is 19.4. The molecule has 0 spiro atoms.